The van der Waals surface area contributed by atoms with E-state index < -0.39 is 0 Å². The third kappa shape index (κ3) is 6.04. The number of pyridine rings is 1. The minimum absolute atomic E-state index is 0.114. The highest BCUT2D eigenvalue weighted by Crippen LogP contribution is 2.22. The van der Waals surface area contributed by atoms with Crippen molar-refractivity contribution in [3.05, 3.63) is 90.4 Å². The summed E-state index contributed by atoms with van der Waals surface area (Å²) in [5.74, 6) is 3.20. The Bertz CT molecular complexity index is 1230. The Morgan fingerprint density at radius 2 is 1.55 bits per heavy atom. The Labute approximate surface area is 192 Å². The van der Waals surface area contributed by atoms with Gasteiger partial charge >= 0.3 is 0 Å². The SMILES string of the molecule is COc1ccccc1CC(=O)Nc1ccc(Nc2cc(Nc3ccccn3)nc(C)n2)cc1. The van der Waals surface area contributed by atoms with E-state index in [1.807, 2.05) is 79.7 Å². The van der Waals surface area contributed by atoms with Crippen molar-refractivity contribution in [1.29, 1.82) is 0 Å². The molecule has 0 spiro atoms. The molecule has 0 aliphatic heterocycles. The summed E-state index contributed by atoms with van der Waals surface area (Å²) in [6, 6.07) is 22.3. The zero-order valence-electron chi connectivity index (χ0n) is 18.4. The van der Waals surface area contributed by atoms with Crippen LogP contribution in [0.25, 0.3) is 0 Å². The van der Waals surface area contributed by atoms with Crippen LogP contribution in [0, 0.1) is 6.92 Å². The van der Waals surface area contributed by atoms with Gasteiger partial charge in [-0.3, -0.25) is 4.79 Å². The third-order valence-electron chi connectivity index (χ3n) is 4.74. The number of hydrogen-bond acceptors (Lipinski definition) is 7. The van der Waals surface area contributed by atoms with Crippen LogP contribution in [0.2, 0.25) is 0 Å². The van der Waals surface area contributed by atoms with Gasteiger partial charge in [0.1, 0.15) is 29.0 Å². The number of amides is 1. The van der Waals surface area contributed by atoms with E-state index in [1.165, 1.54) is 0 Å². The lowest BCUT2D eigenvalue weighted by Crippen LogP contribution is -2.14. The van der Waals surface area contributed by atoms with Crippen LogP contribution >= 0.6 is 0 Å². The number of ether oxygens (including phenoxy) is 1. The van der Waals surface area contributed by atoms with Crippen molar-refractivity contribution in [3.8, 4) is 5.75 Å². The monoisotopic (exact) mass is 440 g/mol. The molecule has 2 heterocycles. The number of rotatable bonds is 8. The van der Waals surface area contributed by atoms with E-state index in [4.69, 9.17) is 4.74 Å². The highest BCUT2D eigenvalue weighted by atomic mass is 16.5. The predicted molar refractivity (Wildman–Crippen MR) is 129 cm³/mol. The molecule has 0 aliphatic rings. The number of hydrogen-bond donors (Lipinski definition) is 3. The molecule has 0 bridgehead atoms. The molecule has 3 N–H and O–H groups in total. The molecule has 0 atom stereocenters. The summed E-state index contributed by atoms with van der Waals surface area (Å²) in [4.78, 5) is 25.5. The van der Waals surface area contributed by atoms with E-state index in [2.05, 4.69) is 30.9 Å². The molecule has 2 aromatic carbocycles. The van der Waals surface area contributed by atoms with Crippen LogP contribution in [0.3, 0.4) is 0 Å². The van der Waals surface area contributed by atoms with Crippen LogP contribution in [0.5, 0.6) is 5.75 Å². The average Bonchev–Trinajstić information content (AvgIpc) is 2.81. The Hall–Kier alpha value is -4.46. The molecule has 4 aromatic rings. The molecule has 0 saturated carbocycles. The molecule has 0 unspecified atom stereocenters. The highest BCUT2D eigenvalue weighted by Gasteiger charge is 2.09. The molecule has 0 aliphatic carbocycles. The second kappa shape index (κ2) is 10.2. The molecule has 166 valence electrons. The average molecular weight is 441 g/mol. The number of anilines is 5. The summed E-state index contributed by atoms with van der Waals surface area (Å²) in [7, 11) is 1.60. The fourth-order valence-corrected chi connectivity index (χ4v) is 3.28. The van der Waals surface area contributed by atoms with E-state index in [9.17, 15) is 4.79 Å². The van der Waals surface area contributed by atoms with E-state index >= 15 is 0 Å². The highest BCUT2D eigenvalue weighted by molar-refractivity contribution is 5.92. The van der Waals surface area contributed by atoms with Gasteiger partial charge in [0, 0.05) is 29.2 Å². The number of benzene rings is 2. The van der Waals surface area contributed by atoms with Gasteiger partial charge in [0.2, 0.25) is 5.91 Å². The van der Waals surface area contributed by atoms with Crippen LogP contribution in [-0.2, 0) is 11.2 Å². The van der Waals surface area contributed by atoms with Gasteiger partial charge in [0.15, 0.2) is 0 Å². The first-order valence-electron chi connectivity index (χ1n) is 10.4. The topological polar surface area (TPSA) is 101 Å². The zero-order valence-corrected chi connectivity index (χ0v) is 18.4. The maximum atomic E-state index is 12.4. The van der Waals surface area contributed by atoms with Crippen LogP contribution in [-0.4, -0.2) is 28.0 Å². The summed E-state index contributed by atoms with van der Waals surface area (Å²) < 4.78 is 5.31. The molecule has 33 heavy (non-hydrogen) atoms. The normalized spacial score (nSPS) is 10.4. The van der Waals surface area contributed by atoms with Crippen molar-refractivity contribution in [2.75, 3.05) is 23.1 Å². The molecule has 0 radical (unpaired) electrons. The summed E-state index contributed by atoms with van der Waals surface area (Å²) >= 11 is 0. The number of aryl methyl sites for hydroxylation is 1. The van der Waals surface area contributed by atoms with Crippen molar-refractivity contribution in [1.82, 2.24) is 15.0 Å². The number of nitrogens with zero attached hydrogens (tertiary/aromatic N) is 3. The molecule has 1 amide bonds. The van der Waals surface area contributed by atoms with Crippen LogP contribution in [0.1, 0.15) is 11.4 Å². The van der Waals surface area contributed by atoms with Gasteiger partial charge < -0.3 is 20.7 Å². The summed E-state index contributed by atoms with van der Waals surface area (Å²) in [5.41, 5.74) is 2.38. The largest absolute Gasteiger partial charge is 0.496 e. The zero-order chi connectivity index (χ0) is 23.0. The summed E-state index contributed by atoms with van der Waals surface area (Å²) in [6.07, 6.45) is 1.95. The molecule has 8 nitrogen and oxygen atoms in total. The minimum Gasteiger partial charge on any atom is -0.496 e. The lowest BCUT2D eigenvalue weighted by Gasteiger charge is -2.11. The number of methoxy groups -OCH3 is 1. The second-order valence-corrected chi connectivity index (χ2v) is 7.26. The second-order valence-electron chi connectivity index (χ2n) is 7.26. The van der Waals surface area contributed by atoms with Gasteiger partial charge in [-0.05, 0) is 49.4 Å². The van der Waals surface area contributed by atoms with Crippen LogP contribution < -0.4 is 20.7 Å². The van der Waals surface area contributed by atoms with E-state index in [0.29, 0.717) is 34.7 Å². The first-order valence-corrected chi connectivity index (χ1v) is 10.4. The quantitative estimate of drug-likeness (QED) is 0.360. The van der Waals surface area contributed by atoms with Crippen molar-refractivity contribution in [2.45, 2.75) is 13.3 Å². The number of para-hydroxylation sites is 1. The number of aromatic nitrogens is 3. The van der Waals surface area contributed by atoms with E-state index in [1.54, 1.807) is 13.3 Å². The number of carbonyl (C=O) groups is 1. The van der Waals surface area contributed by atoms with Gasteiger partial charge in [-0.25, -0.2) is 15.0 Å². The third-order valence-corrected chi connectivity index (χ3v) is 4.74. The lowest BCUT2D eigenvalue weighted by atomic mass is 10.1. The molecule has 0 fully saturated rings. The van der Waals surface area contributed by atoms with Crippen molar-refractivity contribution in [2.24, 2.45) is 0 Å². The Morgan fingerprint density at radius 1 is 0.848 bits per heavy atom. The summed E-state index contributed by atoms with van der Waals surface area (Å²) in [6.45, 7) is 1.83. The first-order chi connectivity index (χ1) is 16.1. The van der Waals surface area contributed by atoms with Crippen molar-refractivity contribution >= 4 is 34.7 Å². The maximum absolute atomic E-state index is 12.4. The minimum atomic E-state index is -0.114. The fraction of sp³-hybridized carbons (Fsp3) is 0.120. The van der Waals surface area contributed by atoms with E-state index in [-0.39, 0.29) is 12.3 Å². The molecular formula is C25H24N6O2. The Balaban J connectivity index is 1.39. The first kappa shape index (κ1) is 21.8. The molecular weight excluding hydrogens is 416 g/mol. The smallest absolute Gasteiger partial charge is 0.228 e. The summed E-state index contributed by atoms with van der Waals surface area (Å²) in [5, 5.41) is 9.35. The molecule has 0 saturated heterocycles. The predicted octanol–water partition coefficient (Wildman–Crippen LogP) is 4.86. The Morgan fingerprint density at radius 3 is 2.27 bits per heavy atom. The number of carbonyl (C=O) groups excluding carboxylic acids is 1. The Kier molecular flexibility index (Phi) is 6.75. The van der Waals surface area contributed by atoms with Crippen LogP contribution in [0.15, 0.2) is 79.0 Å². The van der Waals surface area contributed by atoms with E-state index in [0.717, 1.165) is 11.3 Å². The molecule has 4 rings (SSSR count). The van der Waals surface area contributed by atoms with Crippen molar-refractivity contribution < 1.29 is 9.53 Å². The van der Waals surface area contributed by atoms with Gasteiger partial charge in [0.25, 0.3) is 0 Å². The van der Waals surface area contributed by atoms with Crippen molar-refractivity contribution in [3.63, 3.8) is 0 Å². The van der Waals surface area contributed by atoms with Crippen LogP contribution in [0.4, 0.5) is 28.8 Å². The van der Waals surface area contributed by atoms with Gasteiger partial charge in [-0.15, -0.1) is 0 Å². The van der Waals surface area contributed by atoms with Gasteiger partial charge in [0.05, 0.1) is 13.5 Å². The molecule has 8 heteroatoms. The molecule has 2 aromatic heterocycles. The fourth-order valence-electron chi connectivity index (χ4n) is 3.28. The number of nitrogens with one attached hydrogen (secondary N) is 3. The van der Waals surface area contributed by atoms with Gasteiger partial charge in [-0.2, -0.15) is 0 Å². The lowest BCUT2D eigenvalue weighted by molar-refractivity contribution is -0.115. The van der Waals surface area contributed by atoms with Gasteiger partial charge in [-0.1, -0.05) is 24.3 Å². The maximum Gasteiger partial charge on any atom is 0.228 e. The standard InChI is InChI=1S/C25H24N6O2/c1-17-27-23(16-24(28-17)31-22-9-5-6-14-26-22)29-19-10-12-20(13-11-19)30-25(32)15-18-7-3-4-8-21(18)33-2/h3-14,16H,15H2,1-2H3,(H,30,32)(H2,26,27,28,29,31).